The molecule has 62 valence electrons. The number of hydrogen-bond acceptors (Lipinski definition) is 3. The second kappa shape index (κ2) is 3.39. The second-order valence-corrected chi connectivity index (χ2v) is 3.35. The number of rotatable bonds is 2. The number of hydrogen-bond donors (Lipinski definition) is 1. The SMILES string of the molecule is CCC(C)C1=NC(S)N=C1C. The third kappa shape index (κ3) is 1.83. The Hall–Kier alpha value is -0.310. The van der Waals surface area contributed by atoms with Gasteiger partial charge in [-0.15, -0.1) is 12.6 Å². The lowest BCUT2D eigenvalue weighted by atomic mass is 10.00. The third-order valence-electron chi connectivity index (χ3n) is 2.01. The standard InChI is InChI=1S/C8H14N2S/c1-4-5(2)7-6(3)9-8(11)10-7/h5,8,11H,4H2,1-3H3. The molecule has 2 unspecified atom stereocenters. The lowest BCUT2D eigenvalue weighted by molar-refractivity contribution is 0.744. The average Bonchev–Trinajstić information content (AvgIpc) is 2.28. The highest BCUT2D eigenvalue weighted by Crippen LogP contribution is 2.16. The molecule has 1 aliphatic heterocycles. The molecule has 3 heteroatoms. The molecular weight excluding hydrogens is 156 g/mol. The van der Waals surface area contributed by atoms with Gasteiger partial charge in [0.2, 0.25) is 0 Å². The Kier molecular flexibility index (Phi) is 2.71. The normalized spacial score (nSPS) is 26.4. The first kappa shape index (κ1) is 8.78. The quantitative estimate of drug-likeness (QED) is 0.614. The lowest BCUT2D eigenvalue weighted by Gasteiger charge is -2.07. The van der Waals surface area contributed by atoms with Crippen LogP contribution in [0.4, 0.5) is 0 Å². The molecule has 0 saturated heterocycles. The highest BCUT2D eigenvalue weighted by molar-refractivity contribution is 7.81. The van der Waals surface area contributed by atoms with Crippen molar-refractivity contribution in [2.45, 2.75) is 32.7 Å². The molecule has 11 heavy (non-hydrogen) atoms. The van der Waals surface area contributed by atoms with E-state index < -0.39 is 0 Å². The Bertz CT molecular complexity index is 208. The second-order valence-electron chi connectivity index (χ2n) is 2.88. The van der Waals surface area contributed by atoms with Gasteiger partial charge in [-0.25, -0.2) is 0 Å². The lowest BCUT2D eigenvalue weighted by Crippen LogP contribution is -2.15. The smallest absolute Gasteiger partial charge is 0.184 e. The zero-order chi connectivity index (χ0) is 8.43. The molecular formula is C8H14N2S. The maximum atomic E-state index is 4.32. The molecule has 0 spiro atoms. The molecule has 0 aromatic heterocycles. The summed E-state index contributed by atoms with van der Waals surface area (Å²) in [5.41, 5.74) is 2.05. The Morgan fingerprint density at radius 2 is 2.18 bits per heavy atom. The monoisotopic (exact) mass is 170 g/mol. The predicted octanol–water partition coefficient (Wildman–Crippen LogP) is 2.16. The van der Waals surface area contributed by atoms with E-state index in [1.807, 2.05) is 6.92 Å². The largest absolute Gasteiger partial charge is 0.251 e. The van der Waals surface area contributed by atoms with Gasteiger partial charge in [-0.05, 0) is 19.3 Å². The van der Waals surface area contributed by atoms with Gasteiger partial charge in [0.15, 0.2) is 5.50 Å². The van der Waals surface area contributed by atoms with Gasteiger partial charge in [-0.2, -0.15) is 0 Å². The molecule has 0 amide bonds. The van der Waals surface area contributed by atoms with Crippen LogP contribution in [0.3, 0.4) is 0 Å². The van der Waals surface area contributed by atoms with Crippen LogP contribution in [0.5, 0.6) is 0 Å². The zero-order valence-corrected chi connectivity index (χ0v) is 8.10. The van der Waals surface area contributed by atoms with Gasteiger partial charge in [-0.1, -0.05) is 13.8 Å². The molecule has 1 rings (SSSR count). The van der Waals surface area contributed by atoms with Crippen LogP contribution in [-0.4, -0.2) is 16.9 Å². The van der Waals surface area contributed by atoms with Crippen molar-refractivity contribution >= 4 is 24.1 Å². The van der Waals surface area contributed by atoms with Gasteiger partial charge in [0.05, 0.1) is 11.4 Å². The van der Waals surface area contributed by atoms with E-state index in [0.717, 1.165) is 17.8 Å². The van der Waals surface area contributed by atoms with E-state index >= 15 is 0 Å². The van der Waals surface area contributed by atoms with E-state index in [0.29, 0.717) is 5.92 Å². The van der Waals surface area contributed by atoms with E-state index in [1.54, 1.807) is 0 Å². The summed E-state index contributed by atoms with van der Waals surface area (Å²) in [6, 6.07) is 0. The summed E-state index contributed by atoms with van der Waals surface area (Å²) in [4.78, 5) is 8.53. The van der Waals surface area contributed by atoms with E-state index in [9.17, 15) is 0 Å². The Morgan fingerprint density at radius 1 is 1.55 bits per heavy atom. The van der Waals surface area contributed by atoms with E-state index in [4.69, 9.17) is 0 Å². The molecule has 0 aliphatic carbocycles. The van der Waals surface area contributed by atoms with Crippen LogP contribution in [-0.2, 0) is 0 Å². The summed E-state index contributed by atoms with van der Waals surface area (Å²) in [5, 5.41) is 0. The Labute approximate surface area is 73.2 Å². The van der Waals surface area contributed by atoms with Gasteiger partial charge in [-0.3, -0.25) is 9.98 Å². The first-order valence-corrected chi connectivity index (χ1v) is 4.47. The minimum Gasteiger partial charge on any atom is -0.251 e. The van der Waals surface area contributed by atoms with Gasteiger partial charge in [0.25, 0.3) is 0 Å². The van der Waals surface area contributed by atoms with Crippen molar-refractivity contribution < 1.29 is 0 Å². The summed E-state index contributed by atoms with van der Waals surface area (Å²) >= 11 is 4.17. The predicted molar refractivity (Wildman–Crippen MR) is 52.8 cm³/mol. The molecule has 0 fully saturated rings. The fourth-order valence-electron chi connectivity index (χ4n) is 1.16. The molecule has 0 bridgehead atoms. The van der Waals surface area contributed by atoms with E-state index in [2.05, 4.69) is 36.5 Å². The Morgan fingerprint density at radius 3 is 2.55 bits per heavy atom. The maximum Gasteiger partial charge on any atom is 0.184 e. The number of nitrogens with zero attached hydrogens (tertiary/aromatic N) is 2. The molecule has 0 N–H and O–H groups in total. The molecule has 2 atom stereocenters. The van der Waals surface area contributed by atoms with Crippen molar-refractivity contribution in [3.63, 3.8) is 0 Å². The molecule has 0 aromatic carbocycles. The summed E-state index contributed by atoms with van der Waals surface area (Å²) < 4.78 is 0. The van der Waals surface area contributed by atoms with Crippen molar-refractivity contribution in [1.82, 2.24) is 0 Å². The van der Waals surface area contributed by atoms with Crippen LogP contribution >= 0.6 is 12.6 Å². The van der Waals surface area contributed by atoms with Gasteiger partial charge < -0.3 is 0 Å². The summed E-state index contributed by atoms with van der Waals surface area (Å²) in [6.07, 6.45) is 1.12. The first-order chi connectivity index (χ1) is 5.15. The van der Waals surface area contributed by atoms with Crippen molar-refractivity contribution in [3.8, 4) is 0 Å². The molecule has 0 saturated carbocycles. The average molecular weight is 170 g/mol. The number of aliphatic imine (C=N–C) groups is 2. The summed E-state index contributed by atoms with van der Waals surface area (Å²) in [5.74, 6) is 0.524. The fraction of sp³-hybridized carbons (Fsp3) is 0.750. The number of thiol groups is 1. The molecule has 1 aliphatic rings. The van der Waals surface area contributed by atoms with Crippen molar-refractivity contribution in [1.29, 1.82) is 0 Å². The highest BCUT2D eigenvalue weighted by Gasteiger charge is 2.18. The first-order valence-electron chi connectivity index (χ1n) is 3.95. The molecule has 2 nitrogen and oxygen atoms in total. The van der Waals surface area contributed by atoms with E-state index in [1.165, 1.54) is 0 Å². The summed E-state index contributed by atoms with van der Waals surface area (Å²) in [7, 11) is 0. The van der Waals surface area contributed by atoms with Crippen LogP contribution in [0.2, 0.25) is 0 Å². The third-order valence-corrected chi connectivity index (χ3v) is 2.24. The maximum absolute atomic E-state index is 4.32. The van der Waals surface area contributed by atoms with Crippen LogP contribution < -0.4 is 0 Å². The van der Waals surface area contributed by atoms with Crippen molar-refractivity contribution in [3.05, 3.63) is 0 Å². The highest BCUT2D eigenvalue weighted by atomic mass is 32.1. The van der Waals surface area contributed by atoms with Gasteiger partial charge in [0.1, 0.15) is 0 Å². The van der Waals surface area contributed by atoms with Crippen molar-refractivity contribution in [2.24, 2.45) is 15.9 Å². The van der Waals surface area contributed by atoms with Crippen molar-refractivity contribution in [2.75, 3.05) is 0 Å². The Balaban J connectivity index is 2.74. The van der Waals surface area contributed by atoms with Crippen LogP contribution in [0, 0.1) is 5.92 Å². The molecule has 0 aromatic rings. The zero-order valence-electron chi connectivity index (χ0n) is 7.20. The molecule has 1 heterocycles. The van der Waals surface area contributed by atoms with Crippen LogP contribution in [0.15, 0.2) is 9.98 Å². The van der Waals surface area contributed by atoms with Crippen LogP contribution in [0.25, 0.3) is 0 Å². The minimum absolute atomic E-state index is 0.140. The topological polar surface area (TPSA) is 24.7 Å². The molecule has 0 radical (unpaired) electrons. The van der Waals surface area contributed by atoms with Gasteiger partial charge in [0, 0.05) is 0 Å². The fourth-order valence-corrected chi connectivity index (χ4v) is 1.46. The van der Waals surface area contributed by atoms with Gasteiger partial charge >= 0.3 is 0 Å². The van der Waals surface area contributed by atoms with Crippen LogP contribution in [0.1, 0.15) is 27.2 Å². The summed E-state index contributed by atoms with van der Waals surface area (Å²) in [6.45, 7) is 6.33. The van der Waals surface area contributed by atoms with E-state index in [-0.39, 0.29) is 5.50 Å². The minimum atomic E-state index is -0.140.